The number of piperazine rings is 1. The van der Waals surface area contributed by atoms with Gasteiger partial charge in [0.15, 0.2) is 23.2 Å². The van der Waals surface area contributed by atoms with E-state index in [0.29, 0.717) is 43.2 Å². The number of hydrogen-bond acceptors (Lipinski definition) is 6. The maximum atomic E-state index is 14.2. The van der Waals surface area contributed by atoms with Crippen LogP contribution in [0.2, 0.25) is 5.02 Å². The van der Waals surface area contributed by atoms with Crippen molar-refractivity contribution in [3.05, 3.63) is 64.6 Å². The van der Waals surface area contributed by atoms with Gasteiger partial charge < -0.3 is 24.6 Å². The first kappa shape index (κ1) is 26.9. The third kappa shape index (κ3) is 5.17. The average Bonchev–Trinajstić information content (AvgIpc) is 3.27. The Morgan fingerprint density at radius 3 is 2.31 bits per heavy atom. The molecule has 2 aliphatic rings. The Hall–Kier alpha value is -3.67. The molecule has 0 unspecified atom stereocenters. The van der Waals surface area contributed by atoms with Crippen LogP contribution in [0.1, 0.15) is 34.6 Å². The topological polar surface area (TPSA) is 71.9 Å². The first-order chi connectivity index (χ1) is 18.6. The second-order valence-corrected chi connectivity index (χ2v) is 9.69. The standard InChI is InChI=1S/C26H26ClF4N5O3/c1-38-19-8-3-15(13-20(19)39-2)18-14-21(26(29,30)31)36-24(32-18)22(27)23(33-36)25(37)35-11-9-34(10-12-35)17-6-4-16(28)5-7-17/h3-8,13,18,21,32H,9-12,14H2,1-2H3/t18-,21-/m1/s1. The predicted octanol–water partition coefficient (Wildman–Crippen LogP) is 5.32. The van der Waals surface area contributed by atoms with E-state index in [0.717, 1.165) is 10.4 Å². The number of rotatable bonds is 5. The minimum Gasteiger partial charge on any atom is -0.493 e. The molecular formula is C26H26ClF4N5O3. The van der Waals surface area contributed by atoms with Gasteiger partial charge in [-0.3, -0.25) is 4.79 Å². The average molecular weight is 568 g/mol. The van der Waals surface area contributed by atoms with Crippen LogP contribution >= 0.6 is 11.6 Å². The number of benzene rings is 2. The molecule has 208 valence electrons. The number of nitrogens with zero attached hydrogens (tertiary/aromatic N) is 4. The summed E-state index contributed by atoms with van der Waals surface area (Å²) >= 11 is 6.52. The van der Waals surface area contributed by atoms with Crippen molar-refractivity contribution in [1.82, 2.24) is 14.7 Å². The third-order valence-electron chi connectivity index (χ3n) is 7.07. The fourth-order valence-electron chi connectivity index (χ4n) is 4.98. The molecule has 0 aliphatic carbocycles. The number of halogens is 5. The van der Waals surface area contributed by atoms with Gasteiger partial charge in [-0.2, -0.15) is 18.3 Å². The fourth-order valence-corrected chi connectivity index (χ4v) is 5.24. The number of anilines is 2. The van der Waals surface area contributed by atoms with Gasteiger partial charge in [0.1, 0.15) is 16.7 Å². The molecule has 2 atom stereocenters. The van der Waals surface area contributed by atoms with Gasteiger partial charge in [0.05, 0.1) is 20.3 Å². The third-order valence-corrected chi connectivity index (χ3v) is 7.42. The van der Waals surface area contributed by atoms with Crippen LogP contribution < -0.4 is 19.7 Å². The molecule has 8 nitrogen and oxygen atoms in total. The molecule has 3 aromatic rings. The first-order valence-electron chi connectivity index (χ1n) is 12.2. The molecule has 13 heteroatoms. The van der Waals surface area contributed by atoms with Crippen molar-refractivity contribution in [2.45, 2.75) is 24.7 Å². The fraction of sp³-hybridized carbons (Fsp3) is 0.385. The minimum atomic E-state index is -4.64. The van der Waals surface area contributed by atoms with E-state index in [-0.39, 0.29) is 28.8 Å². The van der Waals surface area contributed by atoms with E-state index < -0.39 is 24.2 Å². The van der Waals surface area contributed by atoms with Crippen LogP contribution in [-0.4, -0.2) is 67.2 Å². The van der Waals surface area contributed by atoms with Gasteiger partial charge in [0, 0.05) is 38.3 Å². The number of fused-ring (bicyclic) bond motifs is 1. The Morgan fingerprint density at radius 2 is 1.69 bits per heavy atom. The van der Waals surface area contributed by atoms with E-state index in [2.05, 4.69) is 10.4 Å². The smallest absolute Gasteiger partial charge is 0.410 e. The predicted molar refractivity (Wildman–Crippen MR) is 137 cm³/mol. The van der Waals surface area contributed by atoms with Gasteiger partial charge in [-0.1, -0.05) is 17.7 Å². The van der Waals surface area contributed by atoms with Gasteiger partial charge >= 0.3 is 6.18 Å². The van der Waals surface area contributed by atoms with E-state index in [1.807, 2.05) is 4.90 Å². The molecule has 2 aliphatic heterocycles. The SMILES string of the molecule is COc1ccc([C@H]2C[C@H](C(F)(F)F)n3nc(C(=O)N4CCN(c5ccc(F)cc5)CC4)c(Cl)c3N2)cc1OC. The lowest BCUT2D eigenvalue weighted by Crippen LogP contribution is -2.49. The zero-order chi connectivity index (χ0) is 27.9. The molecule has 0 radical (unpaired) electrons. The van der Waals surface area contributed by atoms with Crippen LogP contribution in [-0.2, 0) is 0 Å². The summed E-state index contributed by atoms with van der Waals surface area (Å²) in [4.78, 5) is 16.9. The first-order valence-corrected chi connectivity index (χ1v) is 12.6. The summed E-state index contributed by atoms with van der Waals surface area (Å²) in [7, 11) is 2.91. The quantitative estimate of drug-likeness (QED) is 0.421. The Bertz CT molecular complexity index is 1360. The summed E-state index contributed by atoms with van der Waals surface area (Å²) in [6.45, 7) is 1.54. The van der Waals surface area contributed by atoms with Crippen molar-refractivity contribution in [3.63, 3.8) is 0 Å². The van der Waals surface area contributed by atoms with Crippen molar-refractivity contribution in [2.75, 3.05) is 50.6 Å². The molecular weight excluding hydrogens is 542 g/mol. The van der Waals surface area contributed by atoms with Crippen molar-refractivity contribution >= 4 is 29.0 Å². The molecule has 5 rings (SSSR count). The number of carbonyl (C=O) groups is 1. The normalized spacial score (nSPS) is 19.4. The highest BCUT2D eigenvalue weighted by Gasteiger charge is 2.48. The second kappa shape index (κ2) is 10.5. The van der Waals surface area contributed by atoms with Gasteiger partial charge in [-0.25, -0.2) is 9.07 Å². The van der Waals surface area contributed by atoms with E-state index in [9.17, 15) is 22.4 Å². The highest BCUT2D eigenvalue weighted by molar-refractivity contribution is 6.36. The summed E-state index contributed by atoms with van der Waals surface area (Å²) in [5.74, 6) is -0.143. The molecule has 39 heavy (non-hydrogen) atoms. The van der Waals surface area contributed by atoms with Gasteiger partial charge in [-0.05, 0) is 42.0 Å². The summed E-state index contributed by atoms with van der Waals surface area (Å²) in [6, 6.07) is 8.14. The number of alkyl halides is 3. The van der Waals surface area contributed by atoms with Crippen LogP contribution in [0.15, 0.2) is 42.5 Å². The van der Waals surface area contributed by atoms with Crippen molar-refractivity contribution in [2.24, 2.45) is 0 Å². The summed E-state index contributed by atoms with van der Waals surface area (Å²) < 4.78 is 67.2. The lowest BCUT2D eigenvalue weighted by atomic mass is 9.96. The lowest BCUT2D eigenvalue weighted by Gasteiger charge is -2.35. The number of ether oxygens (including phenoxy) is 2. The highest BCUT2D eigenvalue weighted by atomic mass is 35.5. The van der Waals surface area contributed by atoms with Crippen molar-refractivity contribution < 1.29 is 31.8 Å². The van der Waals surface area contributed by atoms with Crippen LogP contribution in [0.4, 0.5) is 29.1 Å². The Kier molecular flexibility index (Phi) is 7.23. The molecule has 2 aromatic carbocycles. The number of carbonyl (C=O) groups excluding carboxylic acids is 1. The van der Waals surface area contributed by atoms with E-state index in [1.165, 1.54) is 31.3 Å². The summed E-state index contributed by atoms with van der Waals surface area (Å²) in [5.41, 5.74) is 1.12. The monoisotopic (exact) mass is 567 g/mol. The molecule has 0 spiro atoms. The Morgan fingerprint density at radius 1 is 1.03 bits per heavy atom. The molecule has 0 saturated carbocycles. The zero-order valence-electron chi connectivity index (χ0n) is 21.1. The van der Waals surface area contributed by atoms with Crippen LogP contribution in [0.25, 0.3) is 0 Å². The molecule has 1 saturated heterocycles. The van der Waals surface area contributed by atoms with Gasteiger partial charge in [0.25, 0.3) is 5.91 Å². The minimum absolute atomic E-state index is 0.0710. The lowest BCUT2D eigenvalue weighted by molar-refractivity contribution is -0.173. The van der Waals surface area contributed by atoms with E-state index in [4.69, 9.17) is 21.1 Å². The zero-order valence-corrected chi connectivity index (χ0v) is 21.9. The second-order valence-electron chi connectivity index (χ2n) is 9.32. The molecule has 3 heterocycles. The number of hydrogen-bond donors (Lipinski definition) is 1. The number of nitrogens with one attached hydrogen (secondary N) is 1. The largest absolute Gasteiger partial charge is 0.493 e. The van der Waals surface area contributed by atoms with Crippen molar-refractivity contribution in [1.29, 1.82) is 0 Å². The van der Waals surface area contributed by atoms with Crippen LogP contribution in [0.3, 0.4) is 0 Å². The molecule has 1 amide bonds. The van der Waals surface area contributed by atoms with E-state index in [1.54, 1.807) is 30.3 Å². The molecule has 0 bridgehead atoms. The maximum absolute atomic E-state index is 14.2. The van der Waals surface area contributed by atoms with Crippen LogP contribution in [0, 0.1) is 5.82 Å². The summed E-state index contributed by atoms with van der Waals surface area (Å²) in [5, 5.41) is 6.94. The highest BCUT2D eigenvalue weighted by Crippen LogP contribution is 2.47. The molecule has 1 N–H and O–H groups in total. The number of methoxy groups -OCH3 is 2. The van der Waals surface area contributed by atoms with Gasteiger partial charge in [0.2, 0.25) is 0 Å². The van der Waals surface area contributed by atoms with Gasteiger partial charge in [-0.15, -0.1) is 0 Å². The number of aromatic nitrogens is 2. The van der Waals surface area contributed by atoms with Crippen molar-refractivity contribution in [3.8, 4) is 11.5 Å². The summed E-state index contributed by atoms with van der Waals surface area (Å²) in [6.07, 6.45) is -5.00. The Labute approximate surface area is 227 Å². The Balaban J connectivity index is 1.39. The molecule has 1 aromatic heterocycles. The van der Waals surface area contributed by atoms with E-state index >= 15 is 0 Å². The maximum Gasteiger partial charge on any atom is 0.410 e. The molecule has 1 fully saturated rings. The number of amides is 1. The van der Waals surface area contributed by atoms with Crippen LogP contribution in [0.5, 0.6) is 11.5 Å².